The van der Waals surface area contributed by atoms with Crippen LogP contribution < -0.4 is 21.3 Å². The lowest BCUT2D eigenvalue weighted by atomic mass is 10.1. The molecule has 0 unspecified atom stereocenters. The number of nitrogen functional groups attached to an aromatic ring is 1. The van der Waals surface area contributed by atoms with Crippen molar-refractivity contribution in [1.29, 1.82) is 0 Å². The molecular formula is C18H21N7O3. The van der Waals surface area contributed by atoms with Crippen molar-refractivity contribution in [1.82, 2.24) is 30.4 Å². The van der Waals surface area contributed by atoms with E-state index < -0.39 is 0 Å². The van der Waals surface area contributed by atoms with Gasteiger partial charge in [0, 0.05) is 17.0 Å². The van der Waals surface area contributed by atoms with Gasteiger partial charge in [0.25, 0.3) is 5.78 Å². The number of nitrogens with two attached hydrogens (primary N) is 1. The van der Waals surface area contributed by atoms with Crippen LogP contribution >= 0.6 is 0 Å². The standard InChI is InChI=1S/C18H21N7O3/c1-10-14(11(2)25-18(20-10)21-17(19)24-25)9-16(27)23-22-15(26)8-12-4-6-13(28-3)7-5-12/h4-7H,8-9H2,1-3H3,(H2,19,24)(H,22,26)(H,23,27). The molecule has 0 saturated heterocycles. The van der Waals surface area contributed by atoms with Crippen LogP contribution in [-0.4, -0.2) is 38.5 Å². The number of fused-ring (bicyclic) bond motifs is 1. The Bertz CT molecular complexity index is 1030. The summed E-state index contributed by atoms with van der Waals surface area (Å²) in [5, 5.41) is 4.07. The normalized spacial score (nSPS) is 10.7. The van der Waals surface area contributed by atoms with Crippen LogP contribution in [0.3, 0.4) is 0 Å². The molecule has 0 aliphatic heterocycles. The van der Waals surface area contributed by atoms with Crippen molar-refractivity contribution in [2.45, 2.75) is 26.7 Å². The highest BCUT2D eigenvalue weighted by Crippen LogP contribution is 2.15. The maximum atomic E-state index is 12.3. The first-order valence-corrected chi connectivity index (χ1v) is 8.56. The zero-order chi connectivity index (χ0) is 20.3. The molecular weight excluding hydrogens is 362 g/mol. The molecule has 4 N–H and O–H groups in total. The van der Waals surface area contributed by atoms with Crippen molar-refractivity contribution in [2.75, 3.05) is 12.8 Å². The number of nitrogens with zero attached hydrogens (tertiary/aromatic N) is 4. The Labute approximate surface area is 161 Å². The molecule has 0 radical (unpaired) electrons. The molecule has 2 amide bonds. The number of benzene rings is 1. The molecule has 0 aliphatic rings. The van der Waals surface area contributed by atoms with Crippen LogP contribution in [0.2, 0.25) is 0 Å². The van der Waals surface area contributed by atoms with Gasteiger partial charge in [0.05, 0.1) is 20.0 Å². The Hall–Kier alpha value is -3.69. The number of carbonyl (C=O) groups is 2. The van der Waals surface area contributed by atoms with E-state index in [1.165, 1.54) is 4.52 Å². The lowest BCUT2D eigenvalue weighted by molar-refractivity contribution is -0.128. The molecule has 0 aliphatic carbocycles. The number of aromatic nitrogens is 4. The monoisotopic (exact) mass is 383 g/mol. The van der Waals surface area contributed by atoms with Gasteiger partial charge in [0.2, 0.25) is 17.8 Å². The maximum Gasteiger partial charge on any atom is 0.254 e. The van der Waals surface area contributed by atoms with Crippen molar-refractivity contribution >= 4 is 23.5 Å². The van der Waals surface area contributed by atoms with Gasteiger partial charge in [-0.1, -0.05) is 12.1 Å². The largest absolute Gasteiger partial charge is 0.497 e. The number of hydrogen-bond donors (Lipinski definition) is 3. The van der Waals surface area contributed by atoms with Crippen LogP contribution in [0.5, 0.6) is 5.75 Å². The second-order valence-electron chi connectivity index (χ2n) is 6.24. The van der Waals surface area contributed by atoms with Gasteiger partial charge in [-0.2, -0.15) is 9.50 Å². The van der Waals surface area contributed by atoms with Gasteiger partial charge in [0.1, 0.15) is 5.75 Å². The molecule has 0 spiro atoms. The molecule has 28 heavy (non-hydrogen) atoms. The number of nitrogens with one attached hydrogen (secondary N) is 2. The summed E-state index contributed by atoms with van der Waals surface area (Å²) >= 11 is 0. The summed E-state index contributed by atoms with van der Waals surface area (Å²) in [5.74, 6) is 0.503. The summed E-state index contributed by atoms with van der Waals surface area (Å²) in [6.07, 6.45) is 0.164. The fourth-order valence-corrected chi connectivity index (χ4v) is 2.80. The van der Waals surface area contributed by atoms with E-state index >= 15 is 0 Å². The fraction of sp³-hybridized carbons (Fsp3) is 0.278. The number of hydrazine groups is 1. The highest BCUT2D eigenvalue weighted by atomic mass is 16.5. The predicted molar refractivity (Wildman–Crippen MR) is 101 cm³/mol. The zero-order valence-electron chi connectivity index (χ0n) is 15.8. The van der Waals surface area contributed by atoms with Gasteiger partial charge in [-0.05, 0) is 31.5 Å². The first-order valence-electron chi connectivity index (χ1n) is 8.56. The summed E-state index contributed by atoms with van der Waals surface area (Å²) in [6, 6.07) is 7.12. The fourth-order valence-electron chi connectivity index (χ4n) is 2.80. The molecule has 146 valence electrons. The van der Waals surface area contributed by atoms with Crippen LogP contribution in [0.25, 0.3) is 5.78 Å². The second-order valence-corrected chi connectivity index (χ2v) is 6.24. The van der Waals surface area contributed by atoms with Gasteiger partial charge >= 0.3 is 0 Å². The van der Waals surface area contributed by atoms with E-state index in [1.807, 2.05) is 0 Å². The number of rotatable bonds is 5. The number of hydrogen-bond acceptors (Lipinski definition) is 7. The van der Waals surface area contributed by atoms with Crippen LogP contribution in [0.1, 0.15) is 22.5 Å². The van der Waals surface area contributed by atoms with E-state index in [0.717, 1.165) is 5.56 Å². The average molecular weight is 383 g/mol. The highest BCUT2D eigenvalue weighted by Gasteiger charge is 2.16. The Morgan fingerprint density at radius 3 is 2.36 bits per heavy atom. The molecule has 2 aromatic heterocycles. The Balaban J connectivity index is 1.59. The lowest BCUT2D eigenvalue weighted by Gasteiger charge is -2.11. The number of anilines is 1. The summed E-state index contributed by atoms with van der Waals surface area (Å²) in [5.41, 5.74) is 13.3. The van der Waals surface area contributed by atoms with Gasteiger partial charge in [-0.15, -0.1) is 5.10 Å². The van der Waals surface area contributed by atoms with Crippen molar-refractivity contribution in [3.05, 3.63) is 46.8 Å². The third kappa shape index (κ3) is 4.17. The van der Waals surface area contributed by atoms with Crippen molar-refractivity contribution in [3.8, 4) is 5.75 Å². The van der Waals surface area contributed by atoms with Crippen LogP contribution in [0.4, 0.5) is 5.95 Å². The quantitative estimate of drug-likeness (QED) is 0.538. The first kappa shape index (κ1) is 19.1. The minimum absolute atomic E-state index is 0.0309. The molecule has 3 rings (SSSR count). The van der Waals surface area contributed by atoms with E-state index in [9.17, 15) is 9.59 Å². The van der Waals surface area contributed by atoms with E-state index in [2.05, 4.69) is 25.9 Å². The summed E-state index contributed by atoms with van der Waals surface area (Å²) in [6.45, 7) is 3.59. The van der Waals surface area contributed by atoms with E-state index in [4.69, 9.17) is 10.5 Å². The number of aryl methyl sites for hydroxylation is 2. The minimum atomic E-state index is -0.372. The SMILES string of the molecule is COc1ccc(CC(=O)NNC(=O)Cc2c(C)nc3nc(N)nn3c2C)cc1. The van der Waals surface area contributed by atoms with E-state index in [0.29, 0.717) is 28.5 Å². The predicted octanol–water partition coefficient (Wildman–Crippen LogP) is 0.265. The third-order valence-corrected chi connectivity index (χ3v) is 4.27. The zero-order valence-corrected chi connectivity index (χ0v) is 15.8. The molecule has 3 aromatic rings. The number of carbonyl (C=O) groups excluding carboxylic acids is 2. The first-order chi connectivity index (χ1) is 13.4. The Morgan fingerprint density at radius 1 is 1.07 bits per heavy atom. The number of ether oxygens (including phenoxy) is 1. The summed E-state index contributed by atoms with van der Waals surface area (Å²) < 4.78 is 6.57. The van der Waals surface area contributed by atoms with Crippen LogP contribution in [0, 0.1) is 13.8 Å². The van der Waals surface area contributed by atoms with Crippen LogP contribution in [0.15, 0.2) is 24.3 Å². The molecule has 2 heterocycles. The maximum absolute atomic E-state index is 12.3. The average Bonchev–Trinajstić information content (AvgIpc) is 3.04. The molecule has 10 heteroatoms. The lowest BCUT2D eigenvalue weighted by Crippen LogP contribution is -2.43. The topological polar surface area (TPSA) is 137 Å². The number of methoxy groups -OCH3 is 1. The van der Waals surface area contributed by atoms with E-state index in [1.54, 1.807) is 45.2 Å². The summed E-state index contributed by atoms with van der Waals surface area (Å²) in [4.78, 5) is 32.6. The van der Waals surface area contributed by atoms with Crippen molar-refractivity contribution in [2.24, 2.45) is 0 Å². The van der Waals surface area contributed by atoms with Gasteiger partial charge in [-0.25, -0.2) is 4.98 Å². The molecule has 0 bridgehead atoms. The van der Waals surface area contributed by atoms with Gasteiger partial charge in [0.15, 0.2) is 0 Å². The minimum Gasteiger partial charge on any atom is -0.497 e. The molecule has 0 atom stereocenters. The smallest absolute Gasteiger partial charge is 0.254 e. The molecule has 10 nitrogen and oxygen atoms in total. The Morgan fingerprint density at radius 2 is 1.71 bits per heavy atom. The molecule has 1 aromatic carbocycles. The summed E-state index contributed by atoms with van der Waals surface area (Å²) in [7, 11) is 1.58. The number of amides is 2. The van der Waals surface area contributed by atoms with Crippen LogP contribution in [-0.2, 0) is 22.4 Å². The highest BCUT2D eigenvalue weighted by molar-refractivity contribution is 5.84. The van der Waals surface area contributed by atoms with Gasteiger partial charge in [-0.3, -0.25) is 20.4 Å². The van der Waals surface area contributed by atoms with Gasteiger partial charge < -0.3 is 10.5 Å². The third-order valence-electron chi connectivity index (χ3n) is 4.27. The molecule has 0 fully saturated rings. The molecule has 0 saturated carbocycles. The second kappa shape index (κ2) is 7.91. The van der Waals surface area contributed by atoms with Crippen molar-refractivity contribution in [3.63, 3.8) is 0 Å². The van der Waals surface area contributed by atoms with Crippen molar-refractivity contribution < 1.29 is 14.3 Å². The Kier molecular flexibility index (Phi) is 5.39. The van der Waals surface area contributed by atoms with E-state index in [-0.39, 0.29) is 30.6 Å².